The van der Waals surface area contributed by atoms with Gasteiger partial charge in [-0.2, -0.15) is 5.26 Å². The van der Waals surface area contributed by atoms with Crippen LogP contribution in [0.1, 0.15) is 20.8 Å². The minimum absolute atomic E-state index is 0.0895. The van der Waals surface area contributed by atoms with Gasteiger partial charge in [0.1, 0.15) is 27.3 Å². The van der Waals surface area contributed by atoms with Crippen molar-refractivity contribution in [1.82, 2.24) is 0 Å². The maximum absolute atomic E-state index is 12.8. The minimum Gasteiger partial charge on any atom is -0.396 e. The van der Waals surface area contributed by atoms with Gasteiger partial charge in [-0.25, -0.2) is 4.39 Å². The Bertz CT molecular complexity index is 688. The fourth-order valence-electron chi connectivity index (χ4n) is 1.65. The summed E-state index contributed by atoms with van der Waals surface area (Å²) < 4.78 is 12.8. The summed E-state index contributed by atoms with van der Waals surface area (Å²) in [6, 6.07) is 7.88. The van der Waals surface area contributed by atoms with Gasteiger partial charge in [0.05, 0.1) is 5.69 Å². The summed E-state index contributed by atoms with van der Waals surface area (Å²) in [5, 5.41) is 12.5. The second kappa shape index (κ2) is 5.59. The Labute approximate surface area is 118 Å². The predicted molar refractivity (Wildman–Crippen MR) is 75.7 cm³/mol. The van der Waals surface area contributed by atoms with Crippen LogP contribution in [-0.4, -0.2) is 5.91 Å². The third-order valence-corrected chi connectivity index (χ3v) is 3.82. The van der Waals surface area contributed by atoms with Crippen molar-refractivity contribution in [1.29, 1.82) is 5.26 Å². The number of carbonyl (C=O) groups is 1. The molecule has 1 amide bonds. The molecule has 5 nitrogen and oxygen atoms in total. The average molecular weight is 290 g/mol. The number of nitriles is 1. The van der Waals surface area contributed by atoms with Crippen LogP contribution < -0.4 is 16.8 Å². The lowest BCUT2D eigenvalue weighted by Gasteiger charge is -2.04. The van der Waals surface area contributed by atoms with Crippen molar-refractivity contribution in [3.8, 4) is 6.07 Å². The van der Waals surface area contributed by atoms with Gasteiger partial charge in [0.25, 0.3) is 5.91 Å². The largest absolute Gasteiger partial charge is 0.396 e. The number of hydrogen-bond acceptors (Lipinski definition) is 5. The van der Waals surface area contributed by atoms with Crippen LogP contribution >= 0.6 is 11.3 Å². The van der Waals surface area contributed by atoms with E-state index in [0.717, 1.165) is 16.9 Å². The van der Waals surface area contributed by atoms with E-state index in [9.17, 15) is 9.18 Å². The Morgan fingerprint density at radius 1 is 1.40 bits per heavy atom. The highest BCUT2D eigenvalue weighted by Crippen LogP contribution is 2.35. The molecule has 5 N–H and O–H groups in total. The minimum atomic E-state index is -0.668. The molecule has 1 aromatic carbocycles. The Morgan fingerprint density at radius 3 is 2.60 bits per heavy atom. The number of hydrogen-bond donors (Lipinski definition) is 3. The molecule has 2 aromatic rings. The summed E-state index contributed by atoms with van der Waals surface area (Å²) in [7, 11) is 0. The maximum atomic E-state index is 12.8. The molecule has 102 valence electrons. The van der Waals surface area contributed by atoms with E-state index >= 15 is 0 Å². The highest BCUT2D eigenvalue weighted by atomic mass is 32.1. The third kappa shape index (κ3) is 2.70. The summed E-state index contributed by atoms with van der Waals surface area (Å²) in [5.74, 6) is -0.985. The summed E-state index contributed by atoms with van der Waals surface area (Å²) in [6.07, 6.45) is 0. The van der Waals surface area contributed by atoms with E-state index in [0.29, 0.717) is 11.5 Å². The second-order valence-corrected chi connectivity index (χ2v) is 5.03. The van der Waals surface area contributed by atoms with E-state index in [4.69, 9.17) is 16.7 Å². The van der Waals surface area contributed by atoms with Gasteiger partial charge in [0.15, 0.2) is 0 Å². The zero-order valence-corrected chi connectivity index (χ0v) is 11.1. The second-order valence-electron chi connectivity index (χ2n) is 4.01. The van der Waals surface area contributed by atoms with Crippen molar-refractivity contribution in [3.05, 3.63) is 46.1 Å². The monoisotopic (exact) mass is 290 g/mol. The summed E-state index contributed by atoms with van der Waals surface area (Å²) in [5.41, 5.74) is 12.0. The number of rotatable bonds is 4. The lowest BCUT2D eigenvalue weighted by atomic mass is 10.2. The van der Waals surface area contributed by atoms with Crippen LogP contribution in [0.4, 0.5) is 15.1 Å². The van der Waals surface area contributed by atoms with Crippen LogP contribution in [0.25, 0.3) is 0 Å². The molecule has 1 heterocycles. The van der Waals surface area contributed by atoms with Gasteiger partial charge in [-0.15, -0.1) is 11.3 Å². The molecule has 7 heteroatoms. The van der Waals surface area contributed by atoms with Crippen LogP contribution in [0.3, 0.4) is 0 Å². The predicted octanol–water partition coefficient (Wildman–Crippen LogP) is 2.05. The molecular weight excluding hydrogens is 279 g/mol. The number of amides is 1. The van der Waals surface area contributed by atoms with Crippen molar-refractivity contribution >= 4 is 27.9 Å². The number of anilines is 2. The van der Waals surface area contributed by atoms with Gasteiger partial charge in [0.2, 0.25) is 0 Å². The molecule has 0 aliphatic heterocycles. The summed E-state index contributed by atoms with van der Waals surface area (Å²) >= 11 is 1.03. The van der Waals surface area contributed by atoms with Gasteiger partial charge < -0.3 is 16.8 Å². The van der Waals surface area contributed by atoms with E-state index in [1.165, 1.54) is 12.1 Å². The fraction of sp³-hybridized carbons (Fsp3) is 0.0769. The summed E-state index contributed by atoms with van der Waals surface area (Å²) in [4.78, 5) is 11.3. The number of nitrogen functional groups attached to an aromatic ring is 1. The van der Waals surface area contributed by atoms with Crippen molar-refractivity contribution in [2.75, 3.05) is 11.1 Å². The molecule has 0 aliphatic rings. The number of nitrogens with zero attached hydrogens (tertiary/aromatic N) is 1. The van der Waals surface area contributed by atoms with E-state index < -0.39 is 5.91 Å². The molecule has 0 saturated carbocycles. The number of nitrogens with two attached hydrogens (primary N) is 2. The summed E-state index contributed by atoms with van der Waals surface area (Å²) in [6.45, 7) is 0.382. The first-order chi connectivity index (χ1) is 9.52. The first kappa shape index (κ1) is 13.8. The Balaban J connectivity index is 2.21. The lowest BCUT2D eigenvalue weighted by Crippen LogP contribution is -2.10. The first-order valence-corrected chi connectivity index (χ1v) is 6.45. The van der Waals surface area contributed by atoms with Gasteiger partial charge in [-0.1, -0.05) is 12.1 Å². The van der Waals surface area contributed by atoms with Gasteiger partial charge in [0, 0.05) is 6.54 Å². The van der Waals surface area contributed by atoms with Gasteiger partial charge >= 0.3 is 0 Å². The van der Waals surface area contributed by atoms with E-state index in [2.05, 4.69) is 5.32 Å². The Morgan fingerprint density at radius 2 is 2.05 bits per heavy atom. The van der Waals surface area contributed by atoms with Crippen LogP contribution in [0, 0.1) is 17.1 Å². The molecule has 0 saturated heterocycles. The van der Waals surface area contributed by atoms with Crippen molar-refractivity contribution < 1.29 is 9.18 Å². The molecule has 20 heavy (non-hydrogen) atoms. The SMILES string of the molecule is N#Cc1c(NCc2ccc(F)cc2)sc(C(N)=O)c1N. The highest BCUT2D eigenvalue weighted by Gasteiger charge is 2.18. The number of nitrogens with one attached hydrogen (secondary N) is 1. The zero-order chi connectivity index (χ0) is 14.7. The molecule has 2 rings (SSSR count). The molecule has 0 aliphatic carbocycles. The van der Waals surface area contributed by atoms with Crippen molar-refractivity contribution in [2.45, 2.75) is 6.54 Å². The highest BCUT2D eigenvalue weighted by molar-refractivity contribution is 7.18. The zero-order valence-electron chi connectivity index (χ0n) is 10.3. The lowest BCUT2D eigenvalue weighted by molar-refractivity contribution is 0.100. The number of carbonyl (C=O) groups excluding carboxylic acids is 1. The number of halogens is 1. The van der Waals surface area contributed by atoms with Gasteiger partial charge in [-0.05, 0) is 17.7 Å². The fourth-order valence-corrected chi connectivity index (χ4v) is 2.57. The molecule has 1 aromatic heterocycles. The van der Waals surface area contributed by atoms with E-state index in [1.807, 2.05) is 6.07 Å². The van der Waals surface area contributed by atoms with E-state index in [-0.39, 0.29) is 21.9 Å². The molecule has 0 radical (unpaired) electrons. The normalized spacial score (nSPS) is 10.0. The molecule has 0 spiro atoms. The molecule has 0 bridgehead atoms. The first-order valence-electron chi connectivity index (χ1n) is 5.63. The maximum Gasteiger partial charge on any atom is 0.261 e. The van der Waals surface area contributed by atoms with Crippen molar-refractivity contribution in [2.24, 2.45) is 5.73 Å². The Kier molecular flexibility index (Phi) is 3.86. The van der Waals surface area contributed by atoms with Crippen LogP contribution in [-0.2, 0) is 6.54 Å². The topological polar surface area (TPSA) is 105 Å². The van der Waals surface area contributed by atoms with Crippen LogP contribution in [0.5, 0.6) is 0 Å². The molecule has 0 atom stereocenters. The quantitative estimate of drug-likeness (QED) is 0.801. The van der Waals surface area contributed by atoms with Crippen LogP contribution in [0.2, 0.25) is 0 Å². The smallest absolute Gasteiger partial charge is 0.261 e. The van der Waals surface area contributed by atoms with Crippen molar-refractivity contribution in [3.63, 3.8) is 0 Å². The average Bonchev–Trinajstić information content (AvgIpc) is 2.74. The van der Waals surface area contributed by atoms with E-state index in [1.54, 1.807) is 12.1 Å². The van der Waals surface area contributed by atoms with Gasteiger partial charge in [-0.3, -0.25) is 4.79 Å². The number of primary amides is 1. The number of benzene rings is 1. The molecular formula is C13H11FN4OS. The third-order valence-electron chi connectivity index (χ3n) is 2.65. The van der Waals surface area contributed by atoms with Crippen LogP contribution in [0.15, 0.2) is 24.3 Å². The molecule has 0 unspecified atom stereocenters. The Hall–Kier alpha value is -2.59. The number of thiophene rings is 1. The molecule has 0 fully saturated rings. The standard InChI is InChI=1S/C13H11FN4OS/c14-8-3-1-7(2-4-8)6-18-13-9(5-15)10(16)11(20-13)12(17)19/h1-4,18H,6,16H2,(H2,17,19).